The Morgan fingerprint density at radius 1 is 1.46 bits per heavy atom. The van der Waals surface area contributed by atoms with Crippen LogP contribution in [-0.2, 0) is 0 Å². The number of unbranched alkanes of at least 4 members (excludes halogenated alkanes) is 1. The first-order chi connectivity index (χ1) is 6.29. The SMILES string of the molecule is CCCCN1CCC[C@@H](O)[C@@H]1CO. The van der Waals surface area contributed by atoms with Crippen LogP contribution in [0.15, 0.2) is 0 Å². The monoisotopic (exact) mass is 187 g/mol. The normalized spacial score (nSPS) is 30.7. The van der Waals surface area contributed by atoms with E-state index in [1.54, 1.807) is 0 Å². The molecule has 1 aliphatic heterocycles. The van der Waals surface area contributed by atoms with Crippen molar-refractivity contribution < 1.29 is 10.2 Å². The van der Waals surface area contributed by atoms with Crippen molar-refractivity contribution in [1.82, 2.24) is 4.90 Å². The lowest BCUT2D eigenvalue weighted by Crippen LogP contribution is -2.50. The highest BCUT2D eigenvalue weighted by Crippen LogP contribution is 2.17. The predicted molar refractivity (Wildman–Crippen MR) is 52.6 cm³/mol. The molecule has 0 aromatic rings. The van der Waals surface area contributed by atoms with Crippen LogP contribution in [0.25, 0.3) is 0 Å². The van der Waals surface area contributed by atoms with Crippen molar-refractivity contribution in [3.05, 3.63) is 0 Å². The van der Waals surface area contributed by atoms with Crippen molar-refractivity contribution in [2.75, 3.05) is 19.7 Å². The summed E-state index contributed by atoms with van der Waals surface area (Å²) < 4.78 is 0. The number of piperidine rings is 1. The van der Waals surface area contributed by atoms with Crippen molar-refractivity contribution in [2.24, 2.45) is 0 Å². The van der Waals surface area contributed by atoms with Crippen molar-refractivity contribution >= 4 is 0 Å². The molecule has 1 saturated heterocycles. The molecule has 1 aliphatic rings. The van der Waals surface area contributed by atoms with Gasteiger partial charge in [0.1, 0.15) is 0 Å². The summed E-state index contributed by atoms with van der Waals surface area (Å²) in [7, 11) is 0. The largest absolute Gasteiger partial charge is 0.395 e. The summed E-state index contributed by atoms with van der Waals surface area (Å²) in [6.45, 7) is 4.29. The van der Waals surface area contributed by atoms with Gasteiger partial charge in [-0.1, -0.05) is 13.3 Å². The van der Waals surface area contributed by atoms with Gasteiger partial charge in [0.05, 0.1) is 18.8 Å². The van der Waals surface area contributed by atoms with Crippen LogP contribution < -0.4 is 0 Å². The Morgan fingerprint density at radius 3 is 2.85 bits per heavy atom. The minimum atomic E-state index is -0.324. The molecule has 0 aromatic carbocycles. The van der Waals surface area contributed by atoms with E-state index in [2.05, 4.69) is 11.8 Å². The number of likely N-dealkylation sites (tertiary alicyclic amines) is 1. The van der Waals surface area contributed by atoms with E-state index in [-0.39, 0.29) is 18.8 Å². The molecule has 3 nitrogen and oxygen atoms in total. The van der Waals surface area contributed by atoms with Crippen LogP contribution in [-0.4, -0.2) is 47.0 Å². The third kappa shape index (κ3) is 2.93. The number of hydrogen-bond acceptors (Lipinski definition) is 3. The van der Waals surface area contributed by atoms with E-state index in [1.165, 1.54) is 6.42 Å². The average Bonchev–Trinajstić information content (AvgIpc) is 2.15. The lowest BCUT2D eigenvalue weighted by molar-refractivity contribution is -0.0161. The topological polar surface area (TPSA) is 43.7 Å². The highest BCUT2D eigenvalue weighted by atomic mass is 16.3. The molecule has 0 amide bonds. The Kier molecular flexibility index (Phi) is 4.70. The standard InChI is InChI=1S/C10H21NO2/c1-2-3-6-11-7-4-5-10(13)9(11)8-12/h9-10,12-13H,2-8H2,1H3/t9-,10+/m0/s1. The third-order valence-electron chi connectivity index (χ3n) is 2.84. The van der Waals surface area contributed by atoms with Gasteiger partial charge in [0.2, 0.25) is 0 Å². The van der Waals surface area contributed by atoms with Crippen LogP contribution in [0.3, 0.4) is 0 Å². The van der Waals surface area contributed by atoms with E-state index in [4.69, 9.17) is 5.11 Å². The highest BCUT2D eigenvalue weighted by molar-refractivity contribution is 4.83. The van der Waals surface area contributed by atoms with Crippen molar-refractivity contribution in [1.29, 1.82) is 0 Å². The summed E-state index contributed by atoms with van der Waals surface area (Å²) in [5.41, 5.74) is 0. The Labute approximate surface area is 80.4 Å². The number of aliphatic hydroxyl groups is 2. The molecule has 0 bridgehead atoms. The zero-order valence-electron chi connectivity index (χ0n) is 8.45. The van der Waals surface area contributed by atoms with Gasteiger partial charge >= 0.3 is 0 Å². The summed E-state index contributed by atoms with van der Waals surface area (Å²) in [6, 6.07) is -0.0136. The van der Waals surface area contributed by atoms with Crippen molar-refractivity contribution in [3.8, 4) is 0 Å². The Bertz CT molecular complexity index is 141. The van der Waals surface area contributed by atoms with Crippen LogP contribution >= 0.6 is 0 Å². The van der Waals surface area contributed by atoms with Crippen molar-refractivity contribution in [3.63, 3.8) is 0 Å². The second-order valence-electron chi connectivity index (χ2n) is 3.85. The molecular weight excluding hydrogens is 166 g/mol. The first-order valence-corrected chi connectivity index (χ1v) is 5.32. The van der Waals surface area contributed by atoms with Gasteiger partial charge < -0.3 is 10.2 Å². The van der Waals surface area contributed by atoms with Crippen LogP contribution in [0.2, 0.25) is 0 Å². The summed E-state index contributed by atoms with van der Waals surface area (Å²) >= 11 is 0. The molecule has 0 unspecified atom stereocenters. The maximum Gasteiger partial charge on any atom is 0.0718 e. The molecule has 13 heavy (non-hydrogen) atoms. The smallest absolute Gasteiger partial charge is 0.0718 e. The van der Waals surface area contributed by atoms with Crippen LogP contribution in [0.5, 0.6) is 0 Å². The molecule has 1 fully saturated rings. The third-order valence-corrected chi connectivity index (χ3v) is 2.84. The molecule has 0 saturated carbocycles. The summed E-state index contributed by atoms with van der Waals surface area (Å²) in [5.74, 6) is 0. The Hall–Kier alpha value is -0.120. The van der Waals surface area contributed by atoms with Crippen LogP contribution in [0.4, 0.5) is 0 Å². The number of rotatable bonds is 4. The molecule has 1 heterocycles. The zero-order valence-corrected chi connectivity index (χ0v) is 8.45. The Morgan fingerprint density at radius 2 is 2.23 bits per heavy atom. The molecule has 2 atom stereocenters. The van der Waals surface area contributed by atoms with Gasteiger partial charge in [0.15, 0.2) is 0 Å². The summed E-state index contributed by atoms with van der Waals surface area (Å²) in [4.78, 5) is 2.22. The lowest BCUT2D eigenvalue weighted by Gasteiger charge is -2.37. The average molecular weight is 187 g/mol. The van der Waals surface area contributed by atoms with Crippen LogP contribution in [0.1, 0.15) is 32.6 Å². The van der Waals surface area contributed by atoms with Gasteiger partial charge in [-0.2, -0.15) is 0 Å². The summed E-state index contributed by atoms with van der Waals surface area (Å²) in [5, 5.41) is 18.8. The maximum absolute atomic E-state index is 9.64. The fraction of sp³-hybridized carbons (Fsp3) is 1.00. The Balaban J connectivity index is 2.39. The van der Waals surface area contributed by atoms with Gasteiger partial charge in [0, 0.05) is 0 Å². The van der Waals surface area contributed by atoms with E-state index in [1.807, 2.05) is 0 Å². The molecule has 78 valence electrons. The van der Waals surface area contributed by atoms with E-state index >= 15 is 0 Å². The van der Waals surface area contributed by atoms with Gasteiger partial charge in [-0.05, 0) is 32.4 Å². The van der Waals surface area contributed by atoms with Crippen molar-refractivity contribution in [2.45, 2.75) is 44.8 Å². The number of aliphatic hydroxyl groups excluding tert-OH is 2. The first kappa shape index (κ1) is 11.0. The molecule has 2 N–H and O–H groups in total. The van der Waals surface area contributed by atoms with Gasteiger partial charge in [-0.15, -0.1) is 0 Å². The molecule has 3 heteroatoms. The first-order valence-electron chi connectivity index (χ1n) is 5.32. The van der Waals surface area contributed by atoms with Gasteiger partial charge in [-0.25, -0.2) is 0 Å². The molecular formula is C10H21NO2. The van der Waals surface area contributed by atoms with E-state index < -0.39 is 0 Å². The molecule has 0 spiro atoms. The van der Waals surface area contributed by atoms with E-state index in [0.29, 0.717) is 0 Å². The molecule has 0 aromatic heterocycles. The predicted octanol–water partition coefficient (Wildman–Crippen LogP) is 0.604. The van der Waals surface area contributed by atoms with Gasteiger partial charge in [0.25, 0.3) is 0 Å². The lowest BCUT2D eigenvalue weighted by atomic mass is 9.99. The molecule has 0 aliphatic carbocycles. The maximum atomic E-state index is 9.64. The number of nitrogens with zero attached hydrogens (tertiary/aromatic N) is 1. The quantitative estimate of drug-likeness (QED) is 0.677. The minimum Gasteiger partial charge on any atom is -0.395 e. The number of hydrogen-bond donors (Lipinski definition) is 2. The second kappa shape index (κ2) is 5.58. The molecule has 1 rings (SSSR count). The second-order valence-corrected chi connectivity index (χ2v) is 3.85. The highest BCUT2D eigenvalue weighted by Gasteiger charge is 2.28. The zero-order chi connectivity index (χ0) is 9.68. The summed E-state index contributed by atoms with van der Waals surface area (Å²) in [6.07, 6.45) is 3.90. The minimum absolute atomic E-state index is 0.0136. The van der Waals surface area contributed by atoms with Crippen LogP contribution in [0, 0.1) is 0 Å². The fourth-order valence-electron chi connectivity index (χ4n) is 1.98. The molecule has 0 radical (unpaired) electrons. The van der Waals surface area contributed by atoms with Gasteiger partial charge in [-0.3, -0.25) is 4.90 Å². The van der Waals surface area contributed by atoms with E-state index in [0.717, 1.165) is 32.4 Å². The fourth-order valence-corrected chi connectivity index (χ4v) is 1.98. The van der Waals surface area contributed by atoms with E-state index in [9.17, 15) is 5.11 Å².